The van der Waals surface area contributed by atoms with E-state index in [1.54, 1.807) is 6.07 Å². The van der Waals surface area contributed by atoms with E-state index < -0.39 is 0 Å². The Morgan fingerprint density at radius 1 is 1.14 bits per heavy atom. The van der Waals surface area contributed by atoms with Gasteiger partial charge in [0.1, 0.15) is 11.7 Å². The topological polar surface area (TPSA) is 53.1 Å². The van der Waals surface area contributed by atoms with Crippen LogP contribution in [0.4, 0.5) is 4.39 Å². The van der Waals surface area contributed by atoms with E-state index in [0.717, 1.165) is 18.5 Å². The van der Waals surface area contributed by atoms with Gasteiger partial charge in [-0.15, -0.1) is 0 Å². The lowest BCUT2D eigenvalue weighted by molar-refractivity contribution is 0.330. The van der Waals surface area contributed by atoms with Crippen molar-refractivity contribution in [2.24, 2.45) is 5.73 Å². The van der Waals surface area contributed by atoms with Crippen molar-refractivity contribution in [3.63, 3.8) is 0 Å². The van der Waals surface area contributed by atoms with Crippen LogP contribution in [-0.2, 0) is 13.0 Å². The summed E-state index contributed by atoms with van der Waals surface area (Å²) in [6.45, 7) is 1.51. The molecule has 21 heavy (non-hydrogen) atoms. The lowest BCUT2D eigenvalue weighted by atomic mass is 10.1. The van der Waals surface area contributed by atoms with Crippen LogP contribution in [0.3, 0.4) is 0 Å². The number of hydrogen-bond acceptors (Lipinski definition) is 2. The minimum Gasteiger partial charge on any atom is -0.384 e. The summed E-state index contributed by atoms with van der Waals surface area (Å²) >= 11 is 0. The summed E-state index contributed by atoms with van der Waals surface area (Å²) in [6.07, 6.45) is 0.951. The second-order valence-corrected chi connectivity index (χ2v) is 5.24. The van der Waals surface area contributed by atoms with Crippen molar-refractivity contribution in [1.29, 1.82) is 5.41 Å². The van der Waals surface area contributed by atoms with Gasteiger partial charge in [0.15, 0.2) is 0 Å². The molecule has 0 heterocycles. The third kappa shape index (κ3) is 4.68. The highest BCUT2D eigenvalue weighted by Crippen LogP contribution is 2.11. The molecule has 3 N–H and O–H groups in total. The molecule has 0 unspecified atom stereocenters. The van der Waals surface area contributed by atoms with Crippen LogP contribution >= 0.6 is 0 Å². The van der Waals surface area contributed by atoms with Crippen LogP contribution in [-0.4, -0.2) is 24.3 Å². The molecule has 0 aliphatic heterocycles. The van der Waals surface area contributed by atoms with Gasteiger partial charge in [0.05, 0.1) is 0 Å². The normalized spacial score (nSPS) is 10.8. The minimum atomic E-state index is -0.353. The molecular formula is C17H20FN3. The Kier molecular flexibility index (Phi) is 5.06. The van der Waals surface area contributed by atoms with Crippen LogP contribution < -0.4 is 5.73 Å². The van der Waals surface area contributed by atoms with Crippen molar-refractivity contribution in [2.45, 2.75) is 13.0 Å². The summed E-state index contributed by atoms with van der Waals surface area (Å²) < 4.78 is 13.5. The number of amidine groups is 1. The number of halogens is 1. The zero-order valence-electron chi connectivity index (χ0n) is 12.1. The molecule has 0 aliphatic rings. The van der Waals surface area contributed by atoms with Gasteiger partial charge in [0.25, 0.3) is 0 Å². The van der Waals surface area contributed by atoms with Crippen LogP contribution in [0.5, 0.6) is 0 Å². The van der Waals surface area contributed by atoms with Crippen molar-refractivity contribution in [3.8, 4) is 0 Å². The van der Waals surface area contributed by atoms with E-state index in [2.05, 4.69) is 17.0 Å². The predicted molar refractivity (Wildman–Crippen MR) is 83.9 cm³/mol. The Morgan fingerprint density at radius 2 is 1.86 bits per heavy atom. The molecular weight excluding hydrogens is 265 g/mol. The Morgan fingerprint density at radius 3 is 2.52 bits per heavy atom. The SMILES string of the molecule is CN(CCc1ccccc1)Cc1cc(F)cc(C(=N)N)c1. The molecule has 4 heteroatoms. The maximum Gasteiger partial charge on any atom is 0.124 e. The first-order valence-electron chi connectivity index (χ1n) is 6.91. The number of likely N-dealkylation sites (N-methyl/N-ethyl adjacent to an activating group) is 1. The zero-order valence-corrected chi connectivity index (χ0v) is 12.1. The van der Waals surface area contributed by atoms with Crippen LogP contribution in [0, 0.1) is 11.2 Å². The largest absolute Gasteiger partial charge is 0.384 e. The maximum atomic E-state index is 13.5. The van der Waals surface area contributed by atoms with Gasteiger partial charge < -0.3 is 10.6 Å². The van der Waals surface area contributed by atoms with Gasteiger partial charge in [-0.25, -0.2) is 4.39 Å². The second kappa shape index (κ2) is 6.99. The molecule has 2 rings (SSSR count). The van der Waals surface area contributed by atoms with E-state index >= 15 is 0 Å². The Bertz CT molecular complexity index is 611. The van der Waals surface area contributed by atoms with Crippen LogP contribution in [0.1, 0.15) is 16.7 Å². The summed E-state index contributed by atoms with van der Waals surface area (Å²) in [5.74, 6) is -0.461. The molecule has 0 spiro atoms. The number of nitrogens with one attached hydrogen (secondary N) is 1. The van der Waals surface area contributed by atoms with Crippen LogP contribution in [0.2, 0.25) is 0 Å². The first kappa shape index (κ1) is 15.2. The summed E-state index contributed by atoms with van der Waals surface area (Å²) in [6, 6.07) is 14.8. The molecule has 2 aromatic rings. The Hall–Kier alpha value is -2.20. The highest BCUT2D eigenvalue weighted by atomic mass is 19.1. The first-order chi connectivity index (χ1) is 10.0. The van der Waals surface area contributed by atoms with Gasteiger partial charge >= 0.3 is 0 Å². The van der Waals surface area contributed by atoms with Gasteiger partial charge in [0, 0.05) is 18.7 Å². The second-order valence-electron chi connectivity index (χ2n) is 5.24. The van der Waals surface area contributed by atoms with E-state index in [4.69, 9.17) is 11.1 Å². The fourth-order valence-electron chi connectivity index (χ4n) is 2.25. The monoisotopic (exact) mass is 285 g/mol. The number of rotatable bonds is 6. The van der Waals surface area contributed by atoms with Crippen LogP contribution in [0.25, 0.3) is 0 Å². The zero-order chi connectivity index (χ0) is 15.2. The Labute approximate surface area is 124 Å². The van der Waals surface area contributed by atoms with Gasteiger partial charge in [-0.2, -0.15) is 0 Å². The molecule has 2 aromatic carbocycles. The highest BCUT2D eigenvalue weighted by Gasteiger charge is 2.06. The van der Waals surface area contributed by atoms with E-state index in [-0.39, 0.29) is 11.7 Å². The number of hydrogen-bond donors (Lipinski definition) is 2. The smallest absolute Gasteiger partial charge is 0.124 e. The molecule has 0 atom stereocenters. The first-order valence-corrected chi connectivity index (χ1v) is 6.91. The quantitative estimate of drug-likeness (QED) is 0.633. The summed E-state index contributed by atoms with van der Waals surface area (Å²) in [4.78, 5) is 2.13. The average molecular weight is 285 g/mol. The number of nitrogens with two attached hydrogens (primary N) is 1. The molecule has 0 aromatic heterocycles. The number of nitrogens with zero attached hydrogens (tertiary/aromatic N) is 1. The molecule has 0 aliphatic carbocycles. The molecule has 3 nitrogen and oxygen atoms in total. The highest BCUT2D eigenvalue weighted by molar-refractivity contribution is 5.95. The van der Waals surface area contributed by atoms with E-state index in [9.17, 15) is 4.39 Å². The van der Waals surface area contributed by atoms with Crippen LogP contribution in [0.15, 0.2) is 48.5 Å². The van der Waals surface area contributed by atoms with Crippen molar-refractivity contribution < 1.29 is 4.39 Å². The molecule has 0 saturated carbocycles. The lowest BCUT2D eigenvalue weighted by Crippen LogP contribution is -2.21. The molecule has 0 fully saturated rings. The third-order valence-electron chi connectivity index (χ3n) is 3.35. The van der Waals surface area contributed by atoms with Gasteiger partial charge in [-0.1, -0.05) is 30.3 Å². The summed E-state index contributed by atoms with van der Waals surface area (Å²) in [5.41, 5.74) is 7.97. The fourth-order valence-corrected chi connectivity index (χ4v) is 2.25. The molecule has 110 valence electrons. The predicted octanol–water partition coefficient (Wildman–Crippen LogP) is 2.78. The van der Waals surface area contributed by atoms with E-state index in [1.807, 2.05) is 25.2 Å². The minimum absolute atomic E-state index is 0.109. The van der Waals surface area contributed by atoms with Crippen molar-refractivity contribution in [3.05, 3.63) is 71.0 Å². The summed E-state index contributed by atoms with van der Waals surface area (Å²) in [7, 11) is 2.00. The average Bonchev–Trinajstić information content (AvgIpc) is 2.45. The summed E-state index contributed by atoms with van der Waals surface area (Å²) in [5, 5.41) is 7.40. The number of nitrogen functional groups attached to an aromatic ring is 1. The molecule has 0 bridgehead atoms. The van der Waals surface area contributed by atoms with Gasteiger partial charge in [-0.05, 0) is 42.8 Å². The standard InChI is InChI=1S/C17H20FN3/c1-21(8-7-13-5-3-2-4-6-13)12-14-9-15(17(19)20)11-16(18)10-14/h2-6,9-11H,7-8,12H2,1H3,(H3,19,20). The van der Waals surface area contributed by atoms with Gasteiger partial charge in [0.2, 0.25) is 0 Å². The lowest BCUT2D eigenvalue weighted by Gasteiger charge is -2.17. The van der Waals surface area contributed by atoms with Crippen molar-refractivity contribution >= 4 is 5.84 Å². The van der Waals surface area contributed by atoms with E-state index in [1.165, 1.54) is 17.7 Å². The Balaban J connectivity index is 1.96. The van der Waals surface area contributed by atoms with Crippen molar-refractivity contribution in [2.75, 3.05) is 13.6 Å². The molecule has 0 saturated heterocycles. The van der Waals surface area contributed by atoms with Crippen molar-refractivity contribution in [1.82, 2.24) is 4.90 Å². The van der Waals surface area contributed by atoms with Gasteiger partial charge in [-0.3, -0.25) is 5.41 Å². The number of benzene rings is 2. The van der Waals surface area contributed by atoms with E-state index in [0.29, 0.717) is 12.1 Å². The maximum absolute atomic E-state index is 13.5. The molecule has 0 amide bonds. The fraction of sp³-hybridized carbons (Fsp3) is 0.235. The molecule has 0 radical (unpaired) electrons. The third-order valence-corrected chi connectivity index (χ3v) is 3.35.